The number of aromatic nitrogens is 2. The Hall–Kier alpha value is -3.37. The third-order valence-electron chi connectivity index (χ3n) is 5.22. The molecule has 0 spiro atoms. The van der Waals surface area contributed by atoms with E-state index in [4.69, 9.17) is 11.6 Å². The molecule has 9 nitrogen and oxygen atoms in total. The van der Waals surface area contributed by atoms with Crippen molar-refractivity contribution in [2.75, 3.05) is 11.9 Å². The molecule has 32 heavy (non-hydrogen) atoms. The normalized spacial score (nSPS) is 15.6. The van der Waals surface area contributed by atoms with E-state index in [-0.39, 0.29) is 17.2 Å². The molecule has 0 bridgehead atoms. The number of carbonyl (C=O) groups is 2. The molecule has 1 aliphatic heterocycles. The van der Waals surface area contributed by atoms with E-state index in [1.165, 1.54) is 28.4 Å². The number of nitrogens with one attached hydrogen (secondary N) is 1. The average Bonchev–Trinajstić information content (AvgIpc) is 3.44. The zero-order chi connectivity index (χ0) is 22.8. The third-order valence-corrected chi connectivity index (χ3v) is 6.36. The highest BCUT2D eigenvalue weighted by Crippen LogP contribution is 2.29. The minimum Gasteiger partial charge on any atom is -0.327 e. The lowest BCUT2D eigenvalue weighted by Crippen LogP contribution is -2.43. The number of nitrogens with zero attached hydrogens (tertiary/aromatic N) is 4. The minimum absolute atomic E-state index is 0.125. The molecule has 1 aliphatic rings. The zero-order valence-corrected chi connectivity index (χ0v) is 18.5. The van der Waals surface area contributed by atoms with Gasteiger partial charge >= 0.3 is 0 Å². The van der Waals surface area contributed by atoms with Gasteiger partial charge in [0, 0.05) is 34.3 Å². The van der Waals surface area contributed by atoms with Gasteiger partial charge in [-0.05, 0) is 38.0 Å². The molecule has 0 aliphatic carbocycles. The van der Waals surface area contributed by atoms with E-state index in [9.17, 15) is 19.7 Å². The van der Waals surface area contributed by atoms with Crippen LogP contribution in [0, 0.1) is 17.0 Å². The Balaban J connectivity index is 1.48. The minimum atomic E-state index is -0.689. The summed E-state index contributed by atoms with van der Waals surface area (Å²) < 4.78 is 0. The summed E-state index contributed by atoms with van der Waals surface area (Å²) in [4.78, 5) is 38.0. The van der Waals surface area contributed by atoms with Gasteiger partial charge in [-0.1, -0.05) is 41.1 Å². The van der Waals surface area contributed by atoms with E-state index in [0.717, 1.165) is 5.56 Å². The predicted octanol–water partition coefficient (Wildman–Crippen LogP) is 4.32. The van der Waals surface area contributed by atoms with Gasteiger partial charge in [0.15, 0.2) is 0 Å². The summed E-state index contributed by atoms with van der Waals surface area (Å²) in [6.07, 6.45) is 1.15. The molecule has 0 saturated carbocycles. The maximum atomic E-state index is 13.0. The second-order valence-electron chi connectivity index (χ2n) is 7.32. The van der Waals surface area contributed by atoms with E-state index in [1.807, 2.05) is 12.1 Å². The SMILES string of the molecule is Cc1ccc(C(=O)N2CCCC2C(=O)Nc2nnc(-c3ccc(Cl)cc3)s2)cc1[N+](=O)[O-]. The second kappa shape index (κ2) is 9.01. The number of likely N-dealkylation sites (tertiary alicyclic amines) is 1. The van der Waals surface area contributed by atoms with Crippen molar-refractivity contribution in [3.63, 3.8) is 0 Å². The van der Waals surface area contributed by atoms with Gasteiger partial charge in [-0.3, -0.25) is 25.0 Å². The molecule has 2 aromatic carbocycles. The fourth-order valence-corrected chi connectivity index (χ4v) is 4.44. The molecular formula is C21H18ClN5O4S. The zero-order valence-electron chi connectivity index (χ0n) is 16.9. The summed E-state index contributed by atoms with van der Waals surface area (Å²) in [5, 5.41) is 23.6. The molecule has 1 aromatic heterocycles. The number of halogens is 1. The van der Waals surface area contributed by atoms with E-state index in [2.05, 4.69) is 15.5 Å². The Morgan fingerprint density at radius 2 is 1.97 bits per heavy atom. The number of benzene rings is 2. The molecule has 2 heterocycles. The molecule has 4 rings (SSSR count). The number of amides is 2. The number of nitro groups is 1. The summed E-state index contributed by atoms with van der Waals surface area (Å²) in [6.45, 7) is 2.00. The standard InChI is InChI=1S/C21H18ClN5O4S/c1-12-4-5-14(11-17(12)27(30)31)20(29)26-10-2-3-16(26)18(28)23-21-25-24-19(32-21)13-6-8-15(22)9-7-13/h4-9,11,16H,2-3,10H2,1H3,(H,23,25,28). The largest absolute Gasteiger partial charge is 0.327 e. The van der Waals surface area contributed by atoms with Gasteiger partial charge in [-0.25, -0.2) is 0 Å². The Morgan fingerprint density at radius 1 is 1.22 bits per heavy atom. The third kappa shape index (κ3) is 4.46. The molecule has 1 unspecified atom stereocenters. The second-order valence-corrected chi connectivity index (χ2v) is 8.74. The van der Waals surface area contributed by atoms with Crippen molar-refractivity contribution in [3.8, 4) is 10.6 Å². The lowest BCUT2D eigenvalue weighted by atomic mass is 10.1. The van der Waals surface area contributed by atoms with Gasteiger partial charge in [-0.15, -0.1) is 10.2 Å². The van der Waals surface area contributed by atoms with Crippen molar-refractivity contribution in [2.24, 2.45) is 0 Å². The van der Waals surface area contributed by atoms with Gasteiger partial charge < -0.3 is 4.90 Å². The number of carbonyl (C=O) groups excluding carboxylic acids is 2. The van der Waals surface area contributed by atoms with Crippen molar-refractivity contribution in [1.82, 2.24) is 15.1 Å². The van der Waals surface area contributed by atoms with E-state index >= 15 is 0 Å². The molecule has 1 saturated heterocycles. The van der Waals surface area contributed by atoms with Crippen LogP contribution in [-0.4, -0.2) is 44.4 Å². The summed E-state index contributed by atoms with van der Waals surface area (Å²) in [5.41, 5.74) is 1.35. The van der Waals surface area contributed by atoms with Crippen molar-refractivity contribution in [1.29, 1.82) is 0 Å². The van der Waals surface area contributed by atoms with Crippen molar-refractivity contribution < 1.29 is 14.5 Å². The molecule has 164 valence electrons. The van der Waals surface area contributed by atoms with E-state index < -0.39 is 16.9 Å². The van der Waals surface area contributed by atoms with Crippen molar-refractivity contribution >= 4 is 45.6 Å². The monoisotopic (exact) mass is 471 g/mol. The van der Waals surface area contributed by atoms with Gasteiger partial charge in [0.1, 0.15) is 11.0 Å². The summed E-state index contributed by atoms with van der Waals surface area (Å²) in [5.74, 6) is -0.777. The van der Waals surface area contributed by atoms with Crippen LogP contribution in [-0.2, 0) is 4.79 Å². The van der Waals surface area contributed by atoms with Crippen LogP contribution in [0.5, 0.6) is 0 Å². The smallest absolute Gasteiger partial charge is 0.273 e. The molecule has 2 amide bonds. The lowest BCUT2D eigenvalue weighted by molar-refractivity contribution is -0.385. The maximum absolute atomic E-state index is 13.0. The van der Waals surface area contributed by atoms with Gasteiger partial charge in [0.25, 0.3) is 11.6 Å². The summed E-state index contributed by atoms with van der Waals surface area (Å²) >= 11 is 7.12. The fourth-order valence-electron chi connectivity index (χ4n) is 3.56. The summed E-state index contributed by atoms with van der Waals surface area (Å²) in [6, 6.07) is 10.8. The van der Waals surface area contributed by atoms with Crippen LogP contribution in [0.15, 0.2) is 42.5 Å². The summed E-state index contributed by atoms with van der Waals surface area (Å²) in [7, 11) is 0. The van der Waals surface area contributed by atoms with Crippen LogP contribution in [0.4, 0.5) is 10.8 Å². The molecule has 1 N–H and O–H groups in total. The quantitative estimate of drug-likeness (QED) is 0.437. The molecule has 3 aromatic rings. The van der Waals surface area contributed by atoms with Crippen LogP contribution < -0.4 is 5.32 Å². The number of aryl methyl sites for hydroxylation is 1. The molecule has 11 heteroatoms. The van der Waals surface area contributed by atoms with Crippen LogP contribution in [0.2, 0.25) is 5.02 Å². The van der Waals surface area contributed by atoms with Crippen molar-refractivity contribution in [2.45, 2.75) is 25.8 Å². The fraction of sp³-hybridized carbons (Fsp3) is 0.238. The maximum Gasteiger partial charge on any atom is 0.273 e. The van der Waals surface area contributed by atoms with Gasteiger partial charge in [-0.2, -0.15) is 0 Å². The first-order chi connectivity index (χ1) is 15.3. The predicted molar refractivity (Wildman–Crippen MR) is 121 cm³/mol. The van der Waals surface area contributed by atoms with Gasteiger partial charge in [0.05, 0.1) is 4.92 Å². The van der Waals surface area contributed by atoms with E-state index in [1.54, 1.807) is 25.1 Å². The Labute approximate surface area is 192 Å². The number of nitro benzene ring substituents is 1. The first-order valence-electron chi connectivity index (χ1n) is 9.80. The highest BCUT2D eigenvalue weighted by molar-refractivity contribution is 7.18. The Morgan fingerprint density at radius 3 is 2.69 bits per heavy atom. The van der Waals surface area contributed by atoms with Crippen LogP contribution in [0.3, 0.4) is 0 Å². The lowest BCUT2D eigenvalue weighted by Gasteiger charge is -2.23. The highest BCUT2D eigenvalue weighted by atomic mass is 35.5. The van der Waals surface area contributed by atoms with E-state index in [0.29, 0.717) is 40.1 Å². The highest BCUT2D eigenvalue weighted by Gasteiger charge is 2.35. The number of anilines is 1. The van der Waals surface area contributed by atoms with Crippen LogP contribution in [0.1, 0.15) is 28.8 Å². The number of hydrogen-bond acceptors (Lipinski definition) is 7. The van der Waals surface area contributed by atoms with Crippen LogP contribution in [0.25, 0.3) is 10.6 Å². The Bertz CT molecular complexity index is 1200. The molecular weight excluding hydrogens is 454 g/mol. The molecule has 1 atom stereocenters. The Kier molecular flexibility index (Phi) is 6.15. The van der Waals surface area contributed by atoms with Crippen LogP contribution >= 0.6 is 22.9 Å². The average molecular weight is 472 g/mol. The van der Waals surface area contributed by atoms with Gasteiger partial charge in [0.2, 0.25) is 11.0 Å². The molecule has 1 fully saturated rings. The number of hydrogen-bond donors (Lipinski definition) is 1. The number of rotatable bonds is 5. The first kappa shape index (κ1) is 21.8. The first-order valence-corrected chi connectivity index (χ1v) is 11.0. The topological polar surface area (TPSA) is 118 Å². The molecule has 0 radical (unpaired) electrons. The van der Waals surface area contributed by atoms with Crippen molar-refractivity contribution in [3.05, 3.63) is 68.7 Å².